The van der Waals surface area contributed by atoms with Gasteiger partial charge in [0.1, 0.15) is 12.4 Å². The van der Waals surface area contributed by atoms with Gasteiger partial charge in [0.25, 0.3) is 5.56 Å². The number of ether oxygens (including phenoxy) is 1. The number of piperidine rings is 1. The number of para-hydroxylation sites is 1. The average molecular weight is 393 g/mol. The molecule has 0 N–H and O–H groups in total. The zero-order chi connectivity index (χ0) is 19.8. The first-order chi connectivity index (χ1) is 14.2. The molecule has 1 amide bonds. The summed E-state index contributed by atoms with van der Waals surface area (Å²) in [6.45, 7) is 2.66. The van der Waals surface area contributed by atoms with Gasteiger partial charge >= 0.3 is 0 Å². The maximum atomic E-state index is 13.0. The smallest absolute Gasteiger partial charge is 0.253 e. The Morgan fingerprint density at radius 2 is 1.93 bits per heavy atom. The second-order valence-corrected chi connectivity index (χ2v) is 8.67. The van der Waals surface area contributed by atoms with E-state index in [1.807, 2.05) is 29.2 Å². The number of fused-ring (bicyclic) bond motifs is 1. The average Bonchev–Trinajstić information content (AvgIpc) is 3.60. The molecule has 1 aromatic carbocycles. The third-order valence-corrected chi connectivity index (χ3v) is 6.51. The minimum Gasteiger partial charge on any atom is -0.492 e. The van der Waals surface area contributed by atoms with Gasteiger partial charge in [-0.25, -0.2) is 4.98 Å². The molecule has 0 spiro atoms. The van der Waals surface area contributed by atoms with Gasteiger partial charge in [-0.15, -0.1) is 0 Å². The van der Waals surface area contributed by atoms with E-state index < -0.39 is 0 Å². The normalized spacial score (nSPS) is 22.1. The molecule has 0 bridgehead atoms. The highest BCUT2D eigenvalue weighted by molar-refractivity contribution is 5.80. The summed E-state index contributed by atoms with van der Waals surface area (Å²) >= 11 is 0. The minimum atomic E-state index is -0.0942. The molecule has 1 atom stereocenters. The molecule has 6 nitrogen and oxygen atoms in total. The van der Waals surface area contributed by atoms with Gasteiger partial charge in [0, 0.05) is 31.6 Å². The van der Waals surface area contributed by atoms with Crippen LogP contribution in [0.3, 0.4) is 0 Å². The van der Waals surface area contributed by atoms with E-state index in [0.717, 1.165) is 62.2 Å². The van der Waals surface area contributed by atoms with E-state index in [4.69, 9.17) is 4.74 Å². The highest BCUT2D eigenvalue weighted by Crippen LogP contribution is 2.38. The highest BCUT2D eigenvalue weighted by atomic mass is 16.5. The second-order valence-electron chi connectivity index (χ2n) is 8.67. The molecule has 2 aromatic rings. The summed E-state index contributed by atoms with van der Waals surface area (Å²) in [5.74, 6) is 1.92. The van der Waals surface area contributed by atoms with Crippen LogP contribution in [0.25, 0.3) is 0 Å². The van der Waals surface area contributed by atoms with Gasteiger partial charge in [0.15, 0.2) is 0 Å². The van der Waals surface area contributed by atoms with Crippen LogP contribution in [0.2, 0.25) is 0 Å². The lowest BCUT2D eigenvalue weighted by Crippen LogP contribution is -2.45. The first-order valence-electron chi connectivity index (χ1n) is 10.7. The van der Waals surface area contributed by atoms with Crippen LogP contribution < -0.4 is 10.3 Å². The number of amides is 1. The van der Waals surface area contributed by atoms with Gasteiger partial charge in [-0.1, -0.05) is 18.2 Å². The fourth-order valence-corrected chi connectivity index (χ4v) is 4.54. The number of likely N-dealkylation sites (tertiary alicyclic amines) is 1. The van der Waals surface area contributed by atoms with Crippen LogP contribution in [0.15, 0.2) is 41.5 Å². The molecule has 1 saturated carbocycles. The fraction of sp³-hybridized carbons (Fsp3) is 0.522. The molecule has 3 heterocycles. The third kappa shape index (κ3) is 3.93. The lowest BCUT2D eigenvalue weighted by atomic mass is 9.92. The number of benzene rings is 1. The van der Waals surface area contributed by atoms with Crippen molar-refractivity contribution in [3.63, 3.8) is 0 Å². The zero-order valence-corrected chi connectivity index (χ0v) is 16.6. The largest absolute Gasteiger partial charge is 0.492 e. The van der Waals surface area contributed by atoms with Gasteiger partial charge in [-0.05, 0) is 49.7 Å². The standard InChI is InChI=1S/C23H27N3O3/c27-22-12-20(17-5-6-17)24-15-26(22)13-16-7-9-25(10-8-16)23(28)19-11-18-3-1-2-4-21(18)29-14-19/h1-4,12,15-17,19H,5-11,13-14H2. The molecule has 3 aliphatic rings. The van der Waals surface area contributed by atoms with Crippen LogP contribution in [-0.4, -0.2) is 40.1 Å². The van der Waals surface area contributed by atoms with E-state index in [0.29, 0.717) is 25.0 Å². The molecule has 152 valence electrons. The van der Waals surface area contributed by atoms with E-state index >= 15 is 0 Å². The van der Waals surface area contributed by atoms with Crippen molar-refractivity contribution in [3.8, 4) is 5.75 Å². The molecule has 1 saturated heterocycles. The number of carbonyl (C=O) groups is 1. The molecule has 29 heavy (non-hydrogen) atoms. The first kappa shape index (κ1) is 18.4. The molecule has 2 aliphatic heterocycles. The topological polar surface area (TPSA) is 64.4 Å². The summed E-state index contributed by atoms with van der Waals surface area (Å²) in [7, 11) is 0. The van der Waals surface area contributed by atoms with E-state index in [1.165, 1.54) is 0 Å². The maximum Gasteiger partial charge on any atom is 0.253 e. The van der Waals surface area contributed by atoms with Gasteiger partial charge < -0.3 is 9.64 Å². The summed E-state index contributed by atoms with van der Waals surface area (Å²) in [6, 6.07) is 9.68. The van der Waals surface area contributed by atoms with Crippen molar-refractivity contribution in [1.82, 2.24) is 14.5 Å². The van der Waals surface area contributed by atoms with Crippen LogP contribution in [0.5, 0.6) is 5.75 Å². The zero-order valence-electron chi connectivity index (χ0n) is 16.6. The van der Waals surface area contributed by atoms with Crippen LogP contribution in [0.1, 0.15) is 42.9 Å². The summed E-state index contributed by atoms with van der Waals surface area (Å²) in [6.07, 6.45) is 6.62. The Kier molecular flexibility index (Phi) is 4.86. The Bertz CT molecular complexity index is 958. The number of carbonyl (C=O) groups excluding carboxylic acids is 1. The lowest BCUT2D eigenvalue weighted by Gasteiger charge is -2.35. The van der Waals surface area contributed by atoms with Gasteiger partial charge in [0.05, 0.1) is 17.9 Å². The van der Waals surface area contributed by atoms with Crippen molar-refractivity contribution in [3.05, 3.63) is 58.3 Å². The van der Waals surface area contributed by atoms with E-state index in [2.05, 4.69) is 4.98 Å². The number of rotatable bonds is 4. The van der Waals surface area contributed by atoms with Crippen LogP contribution in [0, 0.1) is 11.8 Å². The summed E-state index contributed by atoms with van der Waals surface area (Å²) in [5.41, 5.74) is 2.12. The van der Waals surface area contributed by atoms with Gasteiger partial charge in [0.2, 0.25) is 5.91 Å². The SMILES string of the molecule is O=C(C1COc2ccccc2C1)N1CCC(Cn2cnc(C3CC3)cc2=O)CC1. The molecule has 6 heteroatoms. The maximum absolute atomic E-state index is 13.0. The second kappa shape index (κ2) is 7.65. The Hall–Kier alpha value is -2.63. The fourth-order valence-electron chi connectivity index (χ4n) is 4.54. The van der Waals surface area contributed by atoms with Crippen molar-refractivity contribution in [2.45, 2.75) is 44.6 Å². The molecule has 2 fully saturated rings. The van der Waals surface area contributed by atoms with Gasteiger partial charge in [-0.2, -0.15) is 0 Å². The van der Waals surface area contributed by atoms with E-state index in [-0.39, 0.29) is 17.4 Å². The molecule has 1 aliphatic carbocycles. The predicted molar refractivity (Wildman–Crippen MR) is 109 cm³/mol. The van der Waals surface area contributed by atoms with E-state index in [1.54, 1.807) is 17.0 Å². The van der Waals surface area contributed by atoms with Crippen molar-refractivity contribution in [1.29, 1.82) is 0 Å². The van der Waals surface area contributed by atoms with Crippen molar-refractivity contribution in [2.75, 3.05) is 19.7 Å². The van der Waals surface area contributed by atoms with Crippen molar-refractivity contribution < 1.29 is 9.53 Å². The lowest BCUT2D eigenvalue weighted by molar-refractivity contribution is -0.138. The van der Waals surface area contributed by atoms with E-state index in [9.17, 15) is 9.59 Å². The Morgan fingerprint density at radius 1 is 1.14 bits per heavy atom. The third-order valence-electron chi connectivity index (χ3n) is 6.51. The molecular weight excluding hydrogens is 366 g/mol. The number of hydrogen-bond donors (Lipinski definition) is 0. The molecule has 1 unspecified atom stereocenters. The molecule has 0 radical (unpaired) electrons. The summed E-state index contributed by atoms with van der Waals surface area (Å²) in [5, 5.41) is 0. The predicted octanol–water partition coefficient (Wildman–Crippen LogP) is 2.61. The van der Waals surface area contributed by atoms with Crippen molar-refractivity contribution >= 4 is 5.91 Å². The molecule has 1 aromatic heterocycles. The Labute approximate surface area is 170 Å². The Morgan fingerprint density at radius 3 is 2.69 bits per heavy atom. The Balaban J connectivity index is 1.16. The summed E-state index contributed by atoms with van der Waals surface area (Å²) < 4.78 is 7.54. The quantitative estimate of drug-likeness (QED) is 0.801. The first-order valence-corrected chi connectivity index (χ1v) is 10.7. The summed E-state index contributed by atoms with van der Waals surface area (Å²) in [4.78, 5) is 31.8. The molecule has 5 rings (SSSR count). The van der Waals surface area contributed by atoms with Crippen LogP contribution >= 0.6 is 0 Å². The van der Waals surface area contributed by atoms with Gasteiger partial charge in [-0.3, -0.25) is 14.2 Å². The minimum absolute atomic E-state index is 0.0541. The van der Waals surface area contributed by atoms with Crippen LogP contribution in [0.4, 0.5) is 0 Å². The number of aromatic nitrogens is 2. The monoisotopic (exact) mass is 393 g/mol. The highest BCUT2D eigenvalue weighted by Gasteiger charge is 2.32. The van der Waals surface area contributed by atoms with Crippen molar-refractivity contribution in [2.24, 2.45) is 11.8 Å². The molecular formula is C23H27N3O3. The number of hydrogen-bond acceptors (Lipinski definition) is 4. The van der Waals surface area contributed by atoms with Crippen LogP contribution in [-0.2, 0) is 17.8 Å². The number of nitrogens with zero attached hydrogens (tertiary/aromatic N) is 3.